The fraction of sp³-hybridized carbons (Fsp3) is 0.353. The molecule has 0 aliphatic heterocycles. The van der Waals surface area contributed by atoms with Gasteiger partial charge in [-0.3, -0.25) is 14.3 Å². The second kappa shape index (κ2) is 7.09. The number of rotatable bonds is 5. The van der Waals surface area contributed by atoms with Crippen LogP contribution < -0.4 is 10.6 Å². The minimum Gasteiger partial charge on any atom is -0.326 e. The molecule has 1 atom stereocenters. The zero-order valence-corrected chi connectivity index (χ0v) is 13.9. The van der Waals surface area contributed by atoms with Crippen LogP contribution >= 0.6 is 0 Å². The van der Waals surface area contributed by atoms with Gasteiger partial charge < -0.3 is 10.6 Å². The molecule has 2 N–H and O–H groups in total. The Hall–Kier alpha value is -2.63. The summed E-state index contributed by atoms with van der Waals surface area (Å²) >= 11 is 0. The van der Waals surface area contributed by atoms with E-state index in [4.69, 9.17) is 0 Å². The van der Waals surface area contributed by atoms with Gasteiger partial charge in [0.25, 0.3) is 0 Å². The molecule has 0 aliphatic rings. The van der Waals surface area contributed by atoms with Crippen molar-refractivity contribution < 1.29 is 9.59 Å². The van der Waals surface area contributed by atoms with Crippen molar-refractivity contribution in [3.05, 3.63) is 41.7 Å². The van der Waals surface area contributed by atoms with Crippen LogP contribution in [-0.4, -0.2) is 21.6 Å². The number of hydrogen-bond acceptors (Lipinski definition) is 3. The van der Waals surface area contributed by atoms with Gasteiger partial charge in [0.05, 0.1) is 11.7 Å². The van der Waals surface area contributed by atoms with Gasteiger partial charge in [0.2, 0.25) is 11.8 Å². The first-order valence-electron chi connectivity index (χ1n) is 7.55. The van der Waals surface area contributed by atoms with Crippen molar-refractivity contribution in [3.8, 4) is 0 Å². The van der Waals surface area contributed by atoms with Crippen LogP contribution in [0.15, 0.2) is 30.3 Å². The maximum atomic E-state index is 12.2. The minimum absolute atomic E-state index is 0.0117. The van der Waals surface area contributed by atoms with Crippen molar-refractivity contribution in [2.24, 2.45) is 0 Å². The van der Waals surface area contributed by atoms with Gasteiger partial charge in [0, 0.05) is 30.4 Å². The van der Waals surface area contributed by atoms with Crippen LogP contribution in [0.5, 0.6) is 0 Å². The topological polar surface area (TPSA) is 76.0 Å². The second-order valence-electron chi connectivity index (χ2n) is 5.73. The summed E-state index contributed by atoms with van der Waals surface area (Å²) in [5.74, 6) is -0.196. The maximum Gasteiger partial charge on any atom is 0.226 e. The van der Waals surface area contributed by atoms with E-state index in [2.05, 4.69) is 15.7 Å². The molecule has 0 saturated heterocycles. The molecule has 6 heteroatoms. The van der Waals surface area contributed by atoms with Crippen molar-refractivity contribution in [1.29, 1.82) is 0 Å². The molecule has 6 nitrogen and oxygen atoms in total. The third-order valence-corrected chi connectivity index (χ3v) is 3.43. The Morgan fingerprint density at radius 2 is 1.70 bits per heavy atom. The van der Waals surface area contributed by atoms with Crippen LogP contribution in [-0.2, 0) is 9.59 Å². The molecule has 0 radical (unpaired) electrons. The van der Waals surface area contributed by atoms with Crippen LogP contribution in [0.2, 0.25) is 0 Å². The summed E-state index contributed by atoms with van der Waals surface area (Å²) in [6.45, 7) is 7.34. The molecular weight excluding hydrogens is 292 g/mol. The number of nitrogens with one attached hydrogen (secondary N) is 2. The molecular formula is C17H22N4O2. The third-order valence-electron chi connectivity index (χ3n) is 3.43. The van der Waals surface area contributed by atoms with Gasteiger partial charge in [-0.1, -0.05) is 0 Å². The van der Waals surface area contributed by atoms with Crippen LogP contribution in [0, 0.1) is 13.8 Å². The fourth-order valence-electron chi connectivity index (χ4n) is 2.50. The summed E-state index contributed by atoms with van der Waals surface area (Å²) in [7, 11) is 0. The van der Waals surface area contributed by atoms with E-state index in [9.17, 15) is 9.59 Å². The first-order chi connectivity index (χ1) is 10.8. The Morgan fingerprint density at radius 1 is 1.13 bits per heavy atom. The molecule has 0 unspecified atom stereocenters. The summed E-state index contributed by atoms with van der Waals surface area (Å²) < 4.78 is 1.87. The Balaban J connectivity index is 1.94. The summed E-state index contributed by atoms with van der Waals surface area (Å²) in [5.41, 5.74) is 3.39. The molecule has 2 amide bonds. The number of aromatic nitrogens is 2. The maximum absolute atomic E-state index is 12.2. The van der Waals surface area contributed by atoms with E-state index in [1.165, 1.54) is 6.92 Å². The highest BCUT2D eigenvalue weighted by atomic mass is 16.2. The lowest BCUT2D eigenvalue weighted by molar-refractivity contribution is -0.117. The highest BCUT2D eigenvalue weighted by molar-refractivity contribution is 5.92. The Morgan fingerprint density at radius 3 is 2.17 bits per heavy atom. The van der Waals surface area contributed by atoms with Crippen molar-refractivity contribution in [3.63, 3.8) is 0 Å². The number of carbonyl (C=O) groups excluding carboxylic acids is 2. The molecule has 0 spiro atoms. The third kappa shape index (κ3) is 4.67. The van der Waals surface area contributed by atoms with Crippen molar-refractivity contribution in [1.82, 2.24) is 9.78 Å². The van der Waals surface area contributed by atoms with E-state index in [-0.39, 0.29) is 17.9 Å². The normalized spacial score (nSPS) is 11.8. The van der Waals surface area contributed by atoms with Gasteiger partial charge in [-0.2, -0.15) is 5.10 Å². The summed E-state index contributed by atoms with van der Waals surface area (Å²) in [5, 5.41) is 9.95. The van der Waals surface area contributed by atoms with Crippen LogP contribution in [0.1, 0.15) is 37.7 Å². The predicted molar refractivity (Wildman–Crippen MR) is 90.4 cm³/mol. The molecule has 1 aromatic heterocycles. The first-order valence-corrected chi connectivity index (χ1v) is 7.55. The van der Waals surface area contributed by atoms with E-state index >= 15 is 0 Å². The molecule has 2 aromatic rings. The Bertz CT molecular complexity index is 704. The minimum atomic E-state index is -0.125. The highest BCUT2D eigenvalue weighted by Crippen LogP contribution is 2.17. The lowest BCUT2D eigenvalue weighted by atomic mass is 10.2. The molecule has 23 heavy (non-hydrogen) atoms. The van der Waals surface area contributed by atoms with Crippen molar-refractivity contribution in [2.75, 3.05) is 10.6 Å². The van der Waals surface area contributed by atoms with Crippen LogP contribution in [0.4, 0.5) is 11.4 Å². The Labute approximate surface area is 135 Å². The van der Waals surface area contributed by atoms with E-state index in [1.54, 1.807) is 24.3 Å². The van der Waals surface area contributed by atoms with E-state index < -0.39 is 0 Å². The number of aryl methyl sites for hydroxylation is 2. The van der Waals surface area contributed by atoms with Crippen LogP contribution in [0.3, 0.4) is 0 Å². The van der Waals surface area contributed by atoms with Gasteiger partial charge in [-0.05, 0) is 51.1 Å². The van der Waals surface area contributed by atoms with Gasteiger partial charge in [-0.25, -0.2) is 0 Å². The second-order valence-corrected chi connectivity index (χ2v) is 5.73. The number of hydrogen-bond donors (Lipinski definition) is 2. The quantitative estimate of drug-likeness (QED) is 0.890. The standard InChI is InChI=1S/C17H22N4O2/c1-11-9-12(2)21(20-11)13(3)10-17(23)19-16-7-5-15(6-8-16)18-14(4)22/h5-9,13H,10H2,1-4H3,(H,18,22)(H,19,23)/t13-/m1/s1. The summed E-state index contributed by atoms with van der Waals surface area (Å²) in [6, 6.07) is 9.01. The molecule has 1 aromatic carbocycles. The molecule has 1 heterocycles. The average molecular weight is 314 g/mol. The lowest BCUT2D eigenvalue weighted by Crippen LogP contribution is -2.19. The lowest BCUT2D eigenvalue weighted by Gasteiger charge is -2.14. The smallest absolute Gasteiger partial charge is 0.226 e. The summed E-state index contributed by atoms with van der Waals surface area (Å²) in [6.07, 6.45) is 0.343. The zero-order chi connectivity index (χ0) is 17.0. The molecule has 122 valence electrons. The largest absolute Gasteiger partial charge is 0.326 e. The van der Waals surface area contributed by atoms with E-state index in [0.717, 1.165) is 11.4 Å². The zero-order valence-electron chi connectivity index (χ0n) is 13.9. The van der Waals surface area contributed by atoms with E-state index in [1.807, 2.05) is 31.5 Å². The van der Waals surface area contributed by atoms with Crippen LogP contribution in [0.25, 0.3) is 0 Å². The van der Waals surface area contributed by atoms with E-state index in [0.29, 0.717) is 17.8 Å². The predicted octanol–water partition coefficient (Wildman–Crippen LogP) is 3.05. The fourth-order valence-corrected chi connectivity index (χ4v) is 2.50. The molecule has 0 aliphatic carbocycles. The first kappa shape index (κ1) is 16.7. The van der Waals surface area contributed by atoms with Crippen molar-refractivity contribution >= 4 is 23.2 Å². The Kier molecular flexibility index (Phi) is 5.16. The van der Waals surface area contributed by atoms with Gasteiger partial charge in [-0.15, -0.1) is 0 Å². The van der Waals surface area contributed by atoms with Gasteiger partial charge >= 0.3 is 0 Å². The average Bonchev–Trinajstić information content (AvgIpc) is 2.79. The number of carbonyl (C=O) groups is 2. The molecule has 0 bridgehead atoms. The monoisotopic (exact) mass is 314 g/mol. The SMILES string of the molecule is CC(=O)Nc1ccc(NC(=O)C[C@@H](C)n2nc(C)cc2C)cc1. The molecule has 2 rings (SSSR count). The number of nitrogens with zero attached hydrogens (tertiary/aromatic N) is 2. The summed E-state index contributed by atoms with van der Waals surface area (Å²) in [4.78, 5) is 23.1. The van der Waals surface area contributed by atoms with Gasteiger partial charge in [0.1, 0.15) is 0 Å². The van der Waals surface area contributed by atoms with Crippen molar-refractivity contribution in [2.45, 2.75) is 40.2 Å². The number of anilines is 2. The molecule has 0 fully saturated rings. The number of benzene rings is 1. The highest BCUT2D eigenvalue weighted by Gasteiger charge is 2.14. The molecule has 0 saturated carbocycles. The van der Waals surface area contributed by atoms with Gasteiger partial charge in [0.15, 0.2) is 0 Å². The number of amides is 2.